The Morgan fingerprint density at radius 1 is 1.08 bits per heavy atom. The molecule has 0 unspecified atom stereocenters. The zero-order valence-corrected chi connectivity index (χ0v) is 8.57. The van der Waals surface area contributed by atoms with Crippen LogP contribution in [0.25, 0.3) is 0 Å². The molecule has 0 bridgehead atoms. The number of hydrogen-bond acceptors (Lipinski definition) is 2. The molecule has 0 aromatic heterocycles. The molecule has 12 heavy (non-hydrogen) atoms. The first-order valence-electron chi connectivity index (χ1n) is 2.66. The summed E-state index contributed by atoms with van der Waals surface area (Å²) >= 11 is 1.41. The molecule has 0 aliphatic carbocycles. The van der Waals surface area contributed by atoms with Gasteiger partial charge in [0.25, 0.3) is 0 Å². The second-order valence-corrected chi connectivity index (χ2v) is 4.09. The summed E-state index contributed by atoms with van der Waals surface area (Å²) in [5.74, 6) is -1.60. The minimum absolute atomic E-state index is 0.799. The Labute approximate surface area is 80.0 Å². The van der Waals surface area contributed by atoms with Gasteiger partial charge in [-0.3, -0.25) is 0 Å². The molecule has 1 rings (SSSR count). The maximum absolute atomic E-state index is 11.9. The van der Waals surface area contributed by atoms with Gasteiger partial charge in [0, 0.05) is 0 Å². The molecule has 0 radical (unpaired) electrons. The predicted molar refractivity (Wildman–Crippen MR) is 35.3 cm³/mol. The molecular weight excluding hydrogens is 371 g/mol. The van der Waals surface area contributed by atoms with Crippen LogP contribution in [0.4, 0.5) is 8.78 Å². The van der Waals surface area contributed by atoms with E-state index in [1.165, 1.54) is 31.3 Å². The standard InChI is InChI=1S/C6H4F2.Au.O2S/c7-5-3-1-2-4-6(5)8;;1-3-2/h1-4H;;. The molecule has 0 spiro atoms. The van der Waals surface area contributed by atoms with Crippen molar-refractivity contribution in [2.24, 2.45) is 0 Å². The van der Waals surface area contributed by atoms with Crippen LogP contribution in [0.3, 0.4) is 0 Å². The van der Waals surface area contributed by atoms with Crippen molar-refractivity contribution in [3.8, 4) is 0 Å². The summed E-state index contributed by atoms with van der Waals surface area (Å²) in [6.45, 7) is 0. The maximum atomic E-state index is 11.9. The molecule has 0 heterocycles. The van der Waals surface area contributed by atoms with Gasteiger partial charge in [-0.25, -0.2) is 8.78 Å². The van der Waals surface area contributed by atoms with Crippen LogP contribution < -0.4 is 0 Å². The number of rotatable bonds is 0. The summed E-state index contributed by atoms with van der Waals surface area (Å²) in [4.78, 5) is 0. The van der Waals surface area contributed by atoms with Gasteiger partial charge in [0.05, 0.1) is 0 Å². The van der Waals surface area contributed by atoms with E-state index in [1.54, 1.807) is 0 Å². The van der Waals surface area contributed by atoms with Crippen molar-refractivity contribution in [2.45, 2.75) is 0 Å². The zero-order valence-electron chi connectivity index (χ0n) is 5.59. The second kappa shape index (κ2) is 6.19. The summed E-state index contributed by atoms with van der Waals surface area (Å²) < 4.78 is 41.8. The van der Waals surface area contributed by atoms with Crippen molar-refractivity contribution in [1.82, 2.24) is 0 Å². The van der Waals surface area contributed by atoms with Gasteiger partial charge in [-0.05, 0) is 12.1 Å². The van der Waals surface area contributed by atoms with E-state index in [0.29, 0.717) is 0 Å². The van der Waals surface area contributed by atoms with E-state index in [2.05, 4.69) is 0 Å². The molecular formula is C6H4AuF2O2S. The van der Waals surface area contributed by atoms with Crippen LogP contribution >= 0.6 is 0 Å². The van der Waals surface area contributed by atoms with Crippen molar-refractivity contribution in [3.05, 3.63) is 35.9 Å². The fourth-order valence-electron chi connectivity index (χ4n) is 0.439. The van der Waals surface area contributed by atoms with Crippen LogP contribution in [0.1, 0.15) is 0 Å². The average molecular weight is 375 g/mol. The molecule has 1 aromatic rings. The van der Waals surface area contributed by atoms with Crippen LogP contribution in [-0.2, 0) is 26.8 Å². The predicted octanol–water partition coefficient (Wildman–Crippen LogP) is 1.29. The molecule has 6 heteroatoms. The summed E-state index contributed by atoms with van der Waals surface area (Å²) in [6, 6.07) is 5.04. The van der Waals surface area contributed by atoms with Crippen LogP contribution in [-0.4, -0.2) is 8.42 Å². The van der Waals surface area contributed by atoms with E-state index in [0.717, 1.165) is 12.1 Å². The Kier molecular flexibility index (Phi) is 6.00. The molecule has 1 aromatic carbocycles. The molecule has 0 aliphatic heterocycles. The third-order valence-electron chi connectivity index (χ3n) is 0.824. The molecule has 2 nitrogen and oxygen atoms in total. The molecule has 0 aliphatic rings. The number of benzene rings is 1. The quantitative estimate of drug-likeness (QED) is 0.641. The Morgan fingerprint density at radius 2 is 1.33 bits per heavy atom. The Morgan fingerprint density at radius 3 is 1.50 bits per heavy atom. The SMILES string of the molecule is Fc1ccccc1F.O=[S](=O)=[Au]. The van der Waals surface area contributed by atoms with Crippen LogP contribution in [0, 0.1) is 11.6 Å². The van der Waals surface area contributed by atoms with E-state index < -0.39 is 19.3 Å². The van der Waals surface area contributed by atoms with Gasteiger partial charge >= 0.3 is 35.3 Å². The van der Waals surface area contributed by atoms with E-state index in [9.17, 15) is 8.78 Å². The van der Waals surface area contributed by atoms with Crippen molar-refractivity contribution < 1.29 is 36.4 Å². The van der Waals surface area contributed by atoms with Gasteiger partial charge in [0.2, 0.25) is 0 Å². The molecule has 0 N–H and O–H groups in total. The Balaban J connectivity index is 0.000000261. The van der Waals surface area contributed by atoms with Crippen molar-refractivity contribution in [3.63, 3.8) is 0 Å². The molecule has 0 saturated carbocycles. The van der Waals surface area contributed by atoms with Gasteiger partial charge in [0.15, 0.2) is 11.6 Å². The molecule has 0 amide bonds. The summed E-state index contributed by atoms with van der Waals surface area (Å²) in [5, 5.41) is 0. The Bertz CT molecular complexity index is 321. The van der Waals surface area contributed by atoms with Gasteiger partial charge in [-0.1, -0.05) is 12.1 Å². The first-order valence-corrected chi connectivity index (χ1v) is 6.23. The summed E-state index contributed by atoms with van der Waals surface area (Å²) in [5.41, 5.74) is 0. The van der Waals surface area contributed by atoms with Gasteiger partial charge < -0.3 is 0 Å². The van der Waals surface area contributed by atoms with Gasteiger partial charge in [-0.2, -0.15) is 0 Å². The third kappa shape index (κ3) is 6.36. The molecule has 0 saturated heterocycles. The van der Waals surface area contributed by atoms with Crippen molar-refractivity contribution in [1.29, 1.82) is 0 Å². The average Bonchev–Trinajstić information content (AvgIpc) is 1.94. The first-order chi connectivity index (χ1) is 5.54. The Hall–Kier alpha value is -0.360. The molecule has 0 fully saturated rings. The van der Waals surface area contributed by atoms with Crippen molar-refractivity contribution >= 4 is 7.65 Å². The summed E-state index contributed by atoms with van der Waals surface area (Å²) in [6.07, 6.45) is 0. The first kappa shape index (κ1) is 11.6. The minimum atomic E-state index is -1.92. The monoisotopic (exact) mass is 375 g/mol. The fourth-order valence-corrected chi connectivity index (χ4v) is 0.439. The second-order valence-electron chi connectivity index (χ2n) is 1.58. The van der Waals surface area contributed by atoms with Gasteiger partial charge in [0.1, 0.15) is 0 Å². The van der Waals surface area contributed by atoms with Crippen LogP contribution in [0.5, 0.6) is 0 Å². The van der Waals surface area contributed by atoms with E-state index in [1.807, 2.05) is 0 Å². The van der Waals surface area contributed by atoms with Gasteiger partial charge in [-0.15, -0.1) is 0 Å². The molecule has 0 atom stereocenters. The third-order valence-corrected chi connectivity index (χ3v) is 0.824. The number of halogens is 2. The van der Waals surface area contributed by atoms with Crippen LogP contribution in [0.2, 0.25) is 0 Å². The summed E-state index contributed by atoms with van der Waals surface area (Å²) in [7, 11) is -1.92. The van der Waals surface area contributed by atoms with E-state index in [4.69, 9.17) is 8.42 Å². The fraction of sp³-hybridized carbons (Fsp3) is 0. The normalized spacial score (nSPS) is 8.33. The van der Waals surface area contributed by atoms with Crippen LogP contribution in [0.15, 0.2) is 24.3 Å². The number of hydrogen-bond donors (Lipinski definition) is 0. The van der Waals surface area contributed by atoms with E-state index in [-0.39, 0.29) is 0 Å². The molecule has 71 valence electrons. The van der Waals surface area contributed by atoms with E-state index >= 15 is 0 Å². The van der Waals surface area contributed by atoms with Crippen molar-refractivity contribution in [2.75, 3.05) is 0 Å². The zero-order chi connectivity index (χ0) is 9.56. The topological polar surface area (TPSA) is 34.1 Å².